The number of carbonyl (C=O) groups is 1. The first kappa shape index (κ1) is 18.7. The van der Waals surface area contributed by atoms with E-state index in [1.165, 1.54) is 0 Å². The third-order valence-corrected chi connectivity index (χ3v) is 3.75. The van der Waals surface area contributed by atoms with E-state index >= 15 is 0 Å². The molecule has 2 aromatic carbocycles. The second kappa shape index (κ2) is 9.05. The third-order valence-electron chi connectivity index (χ3n) is 3.51. The van der Waals surface area contributed by atoms with Crippen molar-refractivity contribution in [1.29, 1.82) is 0 Å². The zero-order valence-electron chi connectivity index (χ0n) is 14.6. The number of hydrogen-bond donors (Lipinski definition) is 1. The van der Waals surface area contributed by atoms with Gasteiger partial charge in [-0.25, -0.2) is 0 Å². The number of nitrogens with one attached hydrogen (secondary N) is 1. The Morgan fingerprint density at radius 1 is 1.19 bits per heavy atom. The number of nitrogens with zero attached hydrogens (tertiary/aromatic N) is 2. The van der Waals surface area contributed by atoms with Crippen LogP contribution in [0.4, 0.5) is 0 Å². The Hall–Kier alpha value is -3.06. The molecule has 1 atom stereocenters. The van der Waals surface area contributed by atoms with Crippen LogP contribution in [0.15, 0.2) is 59.1 Å². The highest BCUT2D eigenvalue weighted by molar-refractivity contribution is 6.30. The molecule has 7 nitrogen and oxygen atoms in total. The van der Waals surface area contributed by atoms with Crippen molar-refractivity contribution in [3.05, 3.63) is 71.3 Å². The molecular formula is C19H18ClN3O4. The minimum absolute atomic E-state index is 0.122. The summed E-state index contributed by atoms with van der Waals surface area (Å²) in [4.78, 5) is 16.3. The van der Waals surface area contributed by atoms with E-state index in [4.69, 9.17) is 25.6 Å². The summed E-state index contributed by atoms with van der Waals surface area (Å²) in [6, 6.07) is 16.2. The first-order valence-electron chi connectivity index (χ1n) is 8.29. The highest BCUT2D eigenvalue weighted by atomic mass is 35.5. The van der Waals surface area contributed by atoms with Gasteiger partial charge in [-0.2, -0.15) is 4.98 Å². The number of ether oxygens (including phenoxy) is 2. The molecule has 0 saturated carbocycles. The molecule has 0 aliphatic carbocycles. The van der Waals surface area contributed by atoms with Crippen LogP contribution in [-0.4, -0.2) is 22.2 Å². The SMILES string of the molecule is C[C@H](Oc1cccc(Cl)c1)C(=O)NCc1noc(COc2ccccc2)n1. The van der Waals surface area contributed by atoms with Crippen molar-refractivity contribution < 1.29 is 18.8 Å². The average Bonchev–Trinajstić information content (AvgIpc) is 3.13. The fraction of sp³-hybridized carbons (Fsp3) is 0.211. The third kappa shape index (κ3) is 5.72. The Morgan fingerprint density at radius 3 is 2.74 bits per heavy atom. The van der Waals surface area contributed by atoms with Gasteiger partial charge in [0.2, 0.25) is 0 Å². The first-order chi connectivity index (χ1) is 13.1. The summed E-state index contributed by atoms with van der Waals surface area (Å²) in [6.07, 6.45) is -0.698. The van der Waals surface area contributed by atoms with Gasteiger partial charge in [-0.05, 0) is 37.3 Å². The molecule has 0 radical (unpaired) electrons. The summed E-state index contributed by atoms with van der Waals surface area (Å²) in [6.45, 7) is 1.92. The van der Waals surface area contributed by atoms with E-state index in [0.717, 1.165) is 0 Å². The first-order valence-corrected chi connectivity index (χ1v) is 8.67. The van der Waals surface area contributed by atoms with Gasteiger partial charge in [-0.3, -0.25) is 4.79 Å². The summed E-state index contributed by atoms with van der Waals surface area (Å²) in [5, 5.41) is 7.05. The molecule has 0 aliphatic rings. The smallest absolute Gasteiger partial charge is 0.264 e. The van der Waals surface area contributed by atoms with Gasteiger partial charge in [0.25, 0.3) is 11.8 Å². The maximum Gasteiger partial charge on any atom is 0.264 e. The topological polar surface area (TPSA) is 86.5 Å². The van der Waals surface area contributed by atoms with E-state index in [1.807, 2.05) is 30.3 Å². The summed E-state index contributed by atoms with van der Waals surface area (Å²) < 4.78 is 16.2. The fourth-order valence-corrected chi connectivity index (χ4v) is 2.37. The zero-order valence-corrected chi connectivity index (χ0v) is 15.3. The number of benzene rings is 2. The van der Waals surface area contributed by atoms with Crippen molar-refractivity contribution in [1.82, 2.24) is 15.5 Å². The minimum Gasteiger partial charge on any atom is -0.484 e. The lowest BCUT2D eigenvalue weighted by molar-refractivity contribution is -0.127. The van der Waals surface area contributed by atoms with Crippen molar-refractivity contribution in [3.63, 3.8) is 0 Å². The van der Waals surface area contributed by atoms with Gasteiger partial charge in [-0.15, -0.1) is 0 Å². The molecule has 0 bridgehead atoms. The van der Waals surface area contributed by atoms with Crippen LogP contribution in [0.5, 0.6) is 11.5 Å². The van der Waals surface area contributed by atoms with E-state index in [0.29, 0.717) is 28.2 Å². The Kier molecular flexibility index (Phi) is 6.27. The van der Waals surface area contributed by atoms with Gasteiger partial charge in [0.15, 0.2) is 18.5 Å². The van der Waals surface area contributed by atoms with Crippen LogP contribution in [0, 0.1) is 0 Å². The fourth-order valence-electron chi connectivity index (χ4n) is 2.19. The lowest BCUT2D eigenvalue weighted by Gasteiger charge is -2.14. The van der Waals surface area contributed by atoms with Crippen LogP contribution in [0.2, 0.25) is 5.02 Å². The molecule has 3 rings (SSSR count). The van der Waals surface area contributed by atoms with Crippen molar-refractivity contribution in [2.75, 3.05) is 0 Å². The van der Waals surface area contributed by atoms with Crippen molar-refractivity contribution in [3.8, 4) is 11.5 Å². The van der Waals surface area contributed by atoms with Gasteiger partial charge < -0.3 is 19.3 Å². The number of amides is 1. The number of halogens is 1. The van der Waals surface area contributed by atoms with E-state index < -0.39 is 6.10 Å². The monoisotopic (exact) mass is 387 g/mol. The molecule has 0 spiro atoms. The van der Waals surface area contributed by atoms with E-state index in [9.17, 15) is 4.79 Å². The average molecular weight is 388 g/mol. The number of para-hydroxylation sites is 1. The van der Waals surface area contributed by atoms with Crippen LogP contribution < -0.4 is 14.8 Å². The molecular weight excluding hydrogens is 370 g/mol. The molecule has 1 heterocycles. The second-order valence-corrected chi connectivity index (χ2v) is 6.08. The van der Waals surface area contributed by atoms with Crippen LogP contribution in [-0.2, 0) is 17.9 Å². The van der Waals surface area contributed by atoms with E-state index in [-0.39, 0.29) is 19.1 Å². The van der Waals surface area contributed by atoms with Crippen LogP contribution in [0.1, 0.15) is 18.6 Å². The van der Waals surface area contributed by atoms with Gasteiger partial charge >= 0.3 is 0 Å². The van der Waals surface area contributed by atoms with Crippen molar-refractivity contribution in [2.24, 2.45) is 0 Å². The molecule has 0 fully saturated rings. The van der Waals surface area contributed by atoms with Gasteiger partial charge in [-0.1, -0.05) is 41.0 Å². The van der Waals surface area contributed by atoms with Gasteiger partial charge in [0.05, 0.1) is 6.54 Å². The molecule has 0 aliphatic heterocycles. The molecule has 1 N–H and O–H groups in total. The van der Waals surface area contributed by atoms with Crippen LogP contribution >= 0.6 is 11.6 Å². The summed E-state index contributed by atoms with van der Waals surface area (Å²) >= 11 is 5.90. The van der Waals surface area contributed by atoms with Gasteiger partial charge in [0.1, 0.15) is 11.5 Å². The minimum atomic E-state index is -0.698. The normalized spacial score (nSPS) is 11.6. The highest BCUT2D eigenvalue weighted by Crippen LogP contribution is 2.18. The van der Waals surface area contributed by atoms with Crippen LogP contribution in [0.25, 0.3) is 0 Å². The molecule has 27 heavy (non-hydrogen) atoms. The number of carbonyl (C=O) groups excluding carboxylic acids is 1. The highest BCUT2D eigenvalue weighted by Gasteiger charge is 2.16. The van der Waals surface area contributed by atoms with Crippen molar-refractivity contribution in [2.45, 2.75) is 26.2 Å². The van der Waals surface area contributed by atoms with Gasteiger partial charge in [0, 0.05) is 5.02 Å². The largest absolute Gasteiger partial charge is 0.484 e. The summed E-state index contributed by atoms with van der Waals surface area (Å²) in [7, 11) is 0. The lowest BCUT2D eigenvalue weighted by Crippen LogP contribution is -2.36. The second-order valence-electron chi connectivity index (χ2n) is 5.64. The molecule has 1 amide bonds. The summed E-state index contributed by atoms with van der Waals surface area (Å²) in [5.41, 5.74) is 0. The Morgan fingerprint density at radius 2 is 1.96 bits per heavy atom. The number of hydrogen-bond acceptors (Lipinski definition) is 6. The predicted molar refractivity (Wildman–Crippen MR) is 98.5 cm³/mol. The molecule has 3 aromatic rings. The lowest BCUT2D eigenvalue weighted by atomic mass is 10.3. The predicted octanol–water partition coefficient (Wildman–Crippen LogP) is 3.39. The molecule has 0 saturated heterocycles. The Bertz CT molecular complexity index is 885. The van der Waals surface area contributed by atoms with Crippen LogP contribution in [0.3, 0.4) is 0 Å². The van der Waals surface area contributed by atoms with Crippen molar-refractivity contribution >= 4 is 17.5 Å². The molecule has 1 aromatic heterocycles. The molecule has 0 unspecified atom stereocenters. The Balaban J connectivity index is 1.45. The number of aromatic nitrogens is 2. The number of rotatable bonds is 8. The standard InChI is InChI=1S/C19H18ClN3O4/c1-13(26-16-9-5-6-14(20)10-16)19(24)21-11-17-22-18(27-23-17)12-25-15-7-3-2-4-8-15/h2-10,13H,11-12H2,1H3,(H,21,24)/t13-/m0/s1. The van der Waals surface area contributed by atoms with E-state index in [1.54, 1.807) is 31.2 Å². The maximum atomic E-state index is 12.1. The molecule has 140 valence electrons. The summed E-state index contributed by atoms with van der Waals surface area (Å²) in [5.74, 6) is 1.60. The Labute approximate surface area is 161 Å². The zero-order chi connectivity index (χ0) is 19.1. The molecule has 8 heteroatoms. The maximum absolute atomic E-state index is 12.1. The van der Waals surface area contributed by atoms with E-state index in [2.05, 4.69) is 15.5 Å². The quantitative estimate of drug-likeness (QED) is 0.637.